The number of hydrogen-bond acceptors (Lipinski definition) is 2. The van der Waals surface area contributed by atoms with Crippen molar-refractivity contribution in [2.45, 2.75) is 31.6 Å². The molecule has 2 nitrogen and oxygen atoms in total. The van der Waals surface area contributed by atoms with Crippen molar-refractivity contribution in [2.24, 2.45) is 0 Å². The largest absolute Gasteiger partial charge is 0.416 e. The maximum Gasteiger partial charge on any atom is 0.416 e. The van der Waals surface area contributed by atoms with Crippen LogP contribution in [-0.2, 0) is 12.7 Å². The average molecular weight is 334 g/mol. The first-order valence-electron chi connectivity index (χ1n) is 8.23. The molecule has 24 heavy (non-hydrogen) atoms. The summed E-state index contributed by atoms with van der Waals surface area (Å²) in [4.78, 5) is 0. The molecule has 1 heterocycles. The molecule has 2 aromatic rings. The molecule has 0 amide bonds. The van der Waals surface area contributed by atoms with Gasteiger partial charge >= 0.3 is 6.18 Å². The summed E-state index contributed by atoms with van der Waals surface area (Å²) in [5, 5.41) is 6.90. The van der Waals surface area contributed by atoms with Gasteiger partial charge in [0.1, 0.15) is 0 Å². The molecule has 0 saturated carbocycles. The summed E-state index contributed by atoms with van der Waals surface area (Å²) >= 11 is 0. The number of piperidine rings is 1. The lowest BCUT2D eigenvalue weighted by Crippen LogP contribution is -2.39. The Labute approximate surface area is 140 Å². The highest BCUT2D eigenvalue weighted by Gasteiger charge is 2.29. The van der Waals surface area contributed by atoms with Crippen molar-refractivity contribution in [3.8, 4) is 11.1 Å². The van der Waals surface area contributed by atoms with Crippen molar-refractivity contribution in [1.29, 1.82) is 0 Å². The average Bonchev–Trinajstić information content (AvgIpc) is 2.61. The molecular formula is C19H21F3N2. The van der Waals surface area contributed by atoms with E-state index in [-0.39, 0.29) is 0 Å². The van der Waals surface area contributed by atoms with E-state index >= 15 is 0 Å². The van der Waals surface area contributed by atoms with E-state index in [0.29, 0.717) is 6.04 Å². The summed E-state index contributed by atoms with van der Waals surface area (Å²) in [6, 6.07) is 13.8. The summed E-state index contributed by atoms with van der Waals surface area (Å²) < 4.78 is 37.8. The monoisotopic (exact) mass is 334 g/mol. The van der Waals surface area contributed by atoms with E-state index in [1.165, 1.54) is 17.7 Å². The minimum Gasteiger partial charge on any atom is -0.317 e. The van der Waals surface area contributed by atoms with Crippen molar-refractivity contribution >= 4 is 0 Å². The number of rotatable bonds is 4. The lowest BCUT2D eigenvalue weighted by atomic mass is 10.0. The van der Waals surface area contributed by atoms with Crippen LogP contribution in [0.4, 0.5) is 13.2 Å². The van der Waals surface area contributed by atoms with Crippen LogP contribution in [0.3, 0.4) is 0 Å². The lowest BCUT2D eigenvalue weighted by molar-refractivity contribution is -0.137. The van der Waals surface area contributed by atoms with Gasteiger partial charge in [-0.3, -0.25) is 0 Å². The van der Waals surface area contributed by atoms with E-state index in [1.807, 2.05) is 24.3 Å². The zero-order valence-corrected chi connectivity index (χ0v) is 13.4. The Bertz CT molecular complexity index is 642. The second-order valence-corrected chi connectivity index (χ2v) is 6.18. The number of nitrogens with one attached hydrogen (secondary N) is 2. The highest BCUT2D eigenvalue weighted by atomic mass is 19.4. The van der Waals surface area contributed by atoms with Gasteiger partial charge in [-0.15, -0.1) is 0 Å². The third-order valence-corrected chi connectivity index (χ3v) is 4.43. The minimum atomic E-state index is -4.29. The van der Waals surface area contributed by atoms with Crippen molar-refractivity contribution < 1.29 is 13.2 Å². The summed E-state index contributed by atoms with van der Waals surface area (Å²) in [6.45, 7) is 2.94. The molecule has 1 aliphatic heterocycles. The Kier molecular flexibility index (Phi) is 5.21. The molecule has 2 N–H and O–H groups in total. The fourth-order valence-corrected chi connectivity index (χ4v) is 2.95. The van der Waals surface area contributed by atoms with Gasteiger partial charge in [0, 0.05) is 12.6 Å². The van der Waals surface area contributed by atoms with Crippen molar-refractivity contribution in [3.63, 3.8) is 0 Å². The van der Waals surface area contributed by atoms with Crippen molar-refractivity contribution in [1.82, 2.24) is 10.6 Å². The van der Waals surface area contributed by atoms with Gasteiger partial charge in [-0.25, -0.2) is 0 Å². The smallest absolute Gasteiger partial charge is 0.317 e. The predicted octanol–water partition coefficient (Wildman–Crippen LogP) is 4.21. The second-order valence-electron chi connectivity index (χ2n) is 6.18. The zero-order valence-electron chi connectivity index (χ0n) is 13.4. The van der Waals surface area contributed by atoms with Crippen LogP contribution >= 0.6 is 0 Å². The standard InChI is InChI=1S/C19H21F3N2/c20-19(21,22)17-7-5-16(6-8-17)15-3-1-14(2-4-15)13-24-18-9-11-23-12-10-18/h1-8,18,23-24H,9-13H2. The van der Waals surface area contributed by atoms with E-state index in [4.69, 9.17) is 0 Å². The Morgan fingerprint density at radius 3 is 1.96 bits per heavy atom. The molecule has 5 heteroatoms. The van der Waals surface area contributed by atoms with Gasteiger partial charge in [0.15, 0.2) is 0 Å². The summed E-state index contributed by atoms with van der Waals surface area (Å²) in [5.41, 5.74) is 2.29. The van der Waals surface area contributed by atoms with Crippen LogP contribution in [0, 0.1) is 0 Å². The van der Waals surface area contributed by atoms with Crippen LogP contribution in [0.2, 0.25) is 0 Å². The first-order chi connectivity index (χ1) is 11.5. The van der Waals surface area contributed by atoms with Gasteiger partial charge in [-0.05, 0) is 54.8 Å². The molecule has 3 rings (SSSR count). The van der Waals surface area contributed by atoms with Crippen LogP contribution < -0.4 is 10.6 Å². The summed E-state index contributed by atoms with van der Waals surface area (Å²) in [6.07, 6.45) is -2.00. The Morgan fingerprint density at radius 1 is 0.875 bits per heavy atom. The SMILES string of the molecule is FC(F)(F)c1ccc(-c2ccc(CNC3CCNCC3)cc2)cc1. The molecule has 128 valence electrons. The molecule has 0 aromatic heterocycles. The lowest BCUT2D eigenvalue weighted by Gasteiger charge is -2.23. The molecule has 1 aliphatic rings. The van der Waals surface area contributed by atoms with E-state index in [2.05, 4.69) is 10.6 Å². The fraction of sp³-hybridized carbons (Fsp3) is 0.368. The van der Waals surface area contributed by atoms with Crippen LogP contribution in [-0.4, -0.2) is 19.1 Å². The maximum atomic E-state index is 12.6. The highest BCUT2D eigenvalue weighted by Crippen LogP contribution is 2.31. The van der Waals surface area contributed by atoms with Crippen molar-refractivity contribution in [2.75, 3.05) is 13.1 Å². The van der Waals surface area contributed by atoms with Crippen LogP contribution in [0.25, 0.3) is 11.1 Å². The molecule has 0 radical (unpaired) electrons. The molecule has 0 spiro atoms. The van der Waals surface area contributed by atoms with Gasteiger partial charge in [-0.1, -0.05) is 36.4 Å². The molecule has 1 saturated heterocycles. The van der Waals surface area contributed by atoms with Gasteiger partial charge in [-0.2, -0.15) is 13.2 Å². The van der Waals surface area contributed by atoms with Crippen LogP contribution in [0.1, 0.15) is 24.0 Å². The molecule has 0 atom stereocenters. The second kappa shape index (κ2) is 7.36. The quantitative estimate of drug-likeness (QED) is 0.875. The molecule has 1 fully saturated rings. The van der Waals surface area contributed by atoms with Gasteiger partial charge in [0.25, 0.3) is 0 Å². The maximum absolute atomic E-state index is 12.6. The normalized spacial score (nSPS) is 16.3. The van der Waals surface area contributed by atoms with Gasteiger partial charge in [0.05, 0.1) is 5.56 Å². The highest BCUT2D eigenvalue weighted by molar-refractivity contribution is 5.64. The first kappa shape index (κ1) is 17.0. The number of alkyl halides is 3. The molecule has 0 bridgehead atoms. The fourth-order valence-electron chi connectivity index (χ4n) is 2.95. The number of halogens is 3. The number of hydrogen-bond donors (Lipinski definition) is 2. The molecule has 0 aliphatic carbocycles. The zero-order chi connectivity index (χ0) is 17.0. The summed E-state index contributed by atoms with van der Waals surface area (Å²) in [7, 11) is 0. The third-order valence-electron chi connectivity index (χ3n) is 4.43. The molecule has 2 aromatic carbocycles. The van der Waals surface area contributed by atoms with E-state index in [0.717, 1.165) is 55.7 Å². The number of benzene rings is 2. The van der Waals surface area contributed by atoms with Gasteiger partial charge < -0.3 is 10.6 Å². The summed E-state index contributed by atoms with van der Waals surface area (Å²) in [5.74, 6) is 0. The third kappa shape index (κ3) is 4.36. The van der Waals surface area contributed by atoms with Crippen LogP contribution in [0.15, 0.2) is 48.5 Å². The Hall–Kier alpha value is -1.85. The van der Waals surface area contributed by atoms with E-state index in [9.17, 15) is 13.2 Å². The minimum absolute atomic E-state index is 0.556. The molecular weight excluding hydrogens is 313 g/mol. The van der Waals surface area contributed by atoms with Crippen LogP contribution in [0.5, 0.6) is 0 Å². The van der Waals surface area contributed by atoms with E-state index < -0.39 is 11.7 Å². The predicted molar refractivity (Wildman–Crippen MR) is 89.6 cm³/mol. The van der Waals surface area contributed by atoms with Gasteiger partial charge in [0.2, 0.25) is 0 Å². The van der Waals surface area contributed by atoms with Crippen molar-refractivity contribution in [3.05, 3.63) is 59.7 Å². The first-order valence-corrected chi connectivity index (χ1v) is 8.23. The molecule has 0 unspecified atom stereocenters. The topological polar surface area (TPSA) is 24.1 Å². The Balaban J connectivity index is 1.61. The van der Waals surface area contributed by atoms with E-state index in [1.54, 1.807) is 0 Å². The Morgan fingerprint density at radius 2 is 1.42 bits per heavy atom.